The van der Waals surface area contributed by atoms with E-state index in [0.717, 1.165) is 43.6 Å². The van der Waals surface area contributed by atoms with Gasteiger partial charge in [-0.1, -0.05) is 26.8 Å². The molecule has 0 bridgehead atoms. The average Bonchev–Trinajstić information content (AvgIpc) is 2.53. The van der Waals surface area contributed by atoms with Crippen molar-refractivity contribution in [2.75, 3.05) is 34.3 Å². The second kappa shape index (κ2) is 7.75. The van der Waals surface area contributed by atoms with Crippen molar-refractivity contribution >= 4 is 5.91 Å². The van der Waals surface area contributed by atoms with Gasteiger partial charge < -0.3 is 15.4 Å². The molecule has 1 heterocycles. The standard InChI is InChI=1S/C20H33N3O2/c1-20(2,3)15-11-14(18(25-6)17(12-15)19(21)24)13-23-9-7-16(8-10-23)22(4)5/h11-12,16H,7-10,13H2,1-6H3,(H2,21,24). The second-order valence-electron chi connectivity index (χ2n) is 8.30. The SMILES string of the molecule is COc1c(CN2CCC(N(C)C)CC2)cc(C(C)(C)C)cc1C(N)=O. The van der Waals surface area contributed by atoms with Crippen LogP contribution in [-0.2, 0) is 12.0 Å². The van der Waals surface area contributed by atoms with Gasteiger partial charge in [-0.15, -0.1) is 0 Å². The number of likely N-dealkylation sites (tertiary alicyclic amines) is 1. The summed E-state index contributed by atoms with van der Waals surface area (Å²) in [5.41, 5.74) is 8.20. The van der Waals surface area contributed by atoms with Crippen molar-refractivity contribution < 1.29 is 9.53 Å². The molecule has 1 aromatic rings. The van der Waals surface area contributed by atoms with Gasteiger partial charge in [0.25, 0.3) is 5.91 Å². The van der Waals surface area contributed by atoms with Crippen molar-refractivity contribution in [2.24, 2.45) is 5.73 Å². The number of nitrogens with zero attached hydrogens (tertiary/aromatic N) is 2. The molecule has 5 heteroatoms. The summed E-state index contributed by atoms with van der Waals surface area (Å²) in [5, 5.41) is 0. The number of rotatable bonds is 5. The molecule has 1 aliphatic heterocycles. The summed E-state index contributed by atoms with van der Waals surface area (Å²) in [4.78, 5) is 16.7. The molecule has 2 N–H and O–H groups in total. The number of hydrogen-bond donors (Lipinski definition) is 1. The van der Waals surface area contributed by atoms with Gasteiger partial charge in [0.1, 0.15) is 5.75 Å². The largest absolute Gasteiger partial charge is 0.496 e. The number of primary amides is 1. The molecule has 1 aliphatic rings. The zero-order valence-electron chi connectivity index (χ0n) is 16.6. The number of hydrogen-bond acceptors (Lipinski definition) is 4. The maximum absolute atomic E-state index is 11.9. The molecular formula is C20H33N3O2. The van der Waals surface area contributed by atoms with Gasteiger partial charge in [-0.05, 0) is 57.1 Å². The van der Waals surface area contributed by atoms with E-state index in [4.69, 9.17) is 10.5 Å². The summed E-state index contributed by atoms with van der Waals surface area (Å²) in [5.74, 6) is 0.186. The Kier molecular flexibility index (Phi) is 6.12. The number of benzene rings is 1. The highest BCUT2D eigenvalue weighted by Crippen LogP contribution is 2.33. The van der Waals surface area contributed by atoms with Gasteiger partial charge in [0.05, 0.1) is 12.7 Å². The van der Waals surface area contributed by atoms with Crippen LogP contribution in [0.4, 0.5) is 0 Å². The van der Waals surface area contributed by atoms with Crippen molar-refractivity contribution in [3.63, 3.8) is 0 Å². The highest BCUT2D eigenvalue weighted by molar-refractivity contribution is 5.96. The van der Waals surface area contributed by atoms with Gasteiger partial charge in [-0.2, -0.15) is 0 Å². The minimum absolute atomic E-state index is 0.0524. The zero-order valence-corrected chi connectivity index (χ0v) is 16.6. The van der Waals surface area contributed by atoms with Crippen LogP contribution in [0.15, 0.2) is 12.1 Å². The summed E-state index contributed by atoms with van der Waals surface area (Å²) in [6.07, 6.45) is 2.33. The molecule has 0 unspecified atom stereocenters. The summed E-state index contributed by atoms with van der Waals surface area (Å²) in [6.45, 7) is 9.33. The Hall–Kier alpha value is -1.59. The first kappa shape index (κ1) is 19.7. The van der Waals surface area contributed by atoms with Crippen LogP contribution >= 0.6 is 0 Å². The molecule has 0 aliphatic carbocycles. The number of piperidine rings is 1. The fourth-order valence-corrected chi connectivity index (χ4v) is 3.50. The lowest BCUT2D eigenvalue weighted by molar-refractivity contribution is 0.0996. The number of ether oxygens (including phenoxy) is 1. The number of amides is 1. The van der Waals surface area contributed by atoms with Crippen LogP contribution in [0.1, 0.15) is 55.1 Å². The molecule has 1 saturated heterocycles. The normalized spacial score (nSPS) is 17.1. The number of nitrogens with two attached hydrogens (primary N) is 1. The van der Waals surface area contributed by atoms with Crippen LogP contribution in [0.3, 0.4) is 0 Å². The quantitative estimate of drug-likeness (QED) is 0.889. The first-order chi connectivity index (χ1) is 11.6. The zero-order chi connectivity index (χ0) is 18.8. The smallest absolute Gasteiger partial charge is 0.252 e. The van der Waals surface area contributed by atoms with Crippen LogP contribution in [0.25, 0.3) is 0 Å². The molecule has 0 atom stereocenters. The molecule has 1 aromatic carbocycles. The van der Waals surface area contributed by atoms with Crippen LogP contribution < -0.4 is 10.5 Å². The minimum Gasteiger partial charge on any atom is -0.496 e. The fraction of sp³-hybridized carbons (Fsp3) is 0.650. The molecule has 0 aromatic heterocycles. The molecule has 1 fully saturated rings. The molecular weight excluding hydrogens is 314 g/mol. The van der Waals surface area contributed by atoms with E-state index in [1.807, 2.05) is 6.07 Å². The van der Waals surface area contributed by atoms with Crippen LogP contribution in [0.5, 0.6) is 5.75 Å². The Morgan fingerprint density at radius 3 is 2.32 bits per heavy atom. The van der Waals surface area contributed by atoms with Crippen LogP contribution in [0, 0.1) is 0 Å². The van der Waals surface area contributed by atoms with E-state index in [1.54, 1.807) is 7.11 Å². The van der Waals surface area contributed by atoms with E-state index in [2.05, 4.69) is 50.7 Å². The molecule has 2 rings (SSSR count). The lowest BCUT2D eigenvalue weighted by atomic mass is 9.84. The van der Waals surface area contributed by atoms with Crippen molar-refractivity contribution in [3.05, 3.63) is 28.8 Å². The Morgan fingerprint density at radius 2 is 1.88 bits per heavy atom. The summed E-state index contributed by atoms with van der Waals surface area (Å²) in [7, 11) is 5.91. The molecule has 25 heavy (non-hydrogen) atoms. The van der Waals surface area contributed by atoms with Crippen molar-refractivity contribution in [3.8, 4) is 5.75 Å². The number of carbonyl (C=O) groups is 1. The Morgan fingerprint density at radius 1 is 1.28 bits per heavy atom. The van der Waals surface area contributed by atoms with Crippen LogP contribution in [0.2, 0.25) is 0 Å². The lowest BCUT2D eigenvalue weighted by Crippen LogP contribution is -2.41. The van der Waals surface area contributed by atoms with Gasteiger partial charge >= 0.3 is 0 Å². The van der Waals surface area contributed by atoms with E-state index in [1.165, 1.54) is 0 Å². The van der Waals surface area contributed by atoms with Gasteiger partial charge in [0.2, 0.25) is 0 Å². The van der Waals surface area contributed by atoms with E-state index in [9.17, 15) is 4.79 Å². The average molecular weight is 348 g/mol. The van der Waals surface area contributed by atoms with Crippen molar-refractivity contribution in [1.82, 2.24) is 9.80 Å². The summed E-state index contributed by atoms with van der Waals surface area (Å²) >= 11 is 0. The third kappa shape index (κ3) is 4.73. The Bertz CT molecular complexity index is 612. The van der Waals surface area contributed by atoms with Crippen LogP contribution in [-0.4, -0.2) is 56.0 Å². The number of carbonyl (C=O) groups excluding carboxylic acids is 1. The minimum atomic E-state index is -0.435. The fourth-order valence-electron chi connectivity index (χ4n) is 3.50. The molecule has 0 spiro atoms. The summed E-state index contributed by atoms with van der Waals surface area (Å²) in [6, 6.07) is 4.70. The van der Waals surface area contributed by atoms with Crippen molar-refractivity contribution in [1.29, 1.82) is 0 Å². The highest BCUT2D eigenvalue weighted by Gasteiger charge is 2.25. The topological polar surface area (TPSA) is 58.8 Å². The van der Waals surface area contributed by atoms with Gasteiger partial charge in [-0.3, -0.25) is 9.69 Å². The molecule has 0 saturated carbocycles. The maximum atomic E-state index is 11.9. The predicted octanol–water partition coefficient (Wildman–Crippen LogP) is 2.62. The van der Waals surface area contributed by atoms with E-state index < -0.39 is 5.91 Å². The van der Waals surface area contributed by atoms with E-state index >= 15 is 0 Å². The van der Waals surface area contributed by atoms with Crippen molar-refractivity contribution in [2.45, 2.75) is 51.6 Å². The third-order valence-electron chi connectivity index (χ3n) is 5.18. The lowest BCUT2D eigenvalue weighted by Gasteiger charge is -2.35. The predicted molar refractivity (Wildman–Crippen MR) is 102 cm³/mol. The van der Waals surface area contributed by atoms with E-state index in [0.29, 0.717) is 17.4 Å². The Labute approximate surface area is 152 Å². The Balaban J connectivity index is 2.30. The highest BCUT2D eigenvalue weighted by atomic mass is 16.5. The first-order valence-corrected chi connectivity index (χ1v) is 9.03. The molecule has 140 valence electrons. The van der Waals surface area contributed by atoms with E-state index in [-0.39, 0.29) is 5.41 Å². The third-order valence-corrected chi connectivity index (χ3v) is 5.18. The second-order valence-corrected chi connectivity index (χ2v) is 8.30. The van der Waals surface area contributed by atoms with Gasteiger partial charge in [0, 0.05) is 18.2 Å². The monoisotopic (exact) mass is 347 g/mol. The maximum Gasteiger partial charge on any atom is 0.252 e. The van der Waals surface area contributed by atoms with Gasteiger partial charge in [-0.25, -0.2) is 0 Å². The molecule has 1 amide bonds. The van der Waals surface area contributed by atoms with Gasteiger partial charge in [0.15, 0.2) is 0 Å². The molecule has 5 nitrogen and oxygen atoms in total. The summed E-state index contributed by atoms with van der Waals surface area (Å²) < 4.78 is 5.57. The number of methoxy groups -OCH3 is 1. The molecule has 0 radical (unpaired) electrons. The first-order valence-electron chi connectivity index (χ1n) is 9.03.